The van der Waals surface area contributed by atoms with Gasteiger partial charge in [-0.15, -0.1) is 0 Å². The predicted molar refractivity (Wildman–Crippen MR) is 141 cm³/mol. The van der Waals surface area contributed by atoms with Crippen LogP contribution in [0.3, 0.4) is 0 Å². The average Bonchev–Trinajstić information content (AvgIpc) is 2.85. The van der Waals surface area contributed by atoms with Gasteiger partial charge in [-0.25, -0.2) is 8.42 Å². The molecular weight excluding hydrogens is 498 g/mol. The highest BCUT2D eigenvalue weighted by molar-refractivity contribution is 7.93. The second-order valence-corrected chi connectivity index (χ2v) is 13.1. The van der Waals surface area contributed by atoms with Gasteiger partial charge in [-0.3, -0.25) is 9.52 Å². The van der Waals surface area contributed by atoms with Gasteiger partial charge in [0.25, 0.3) is 10.0 Å². The summed E-state index contributed by atoms with van der Waals surface area (Å²) in [5.74, 6) is 2.01. The number of hydrogen-bond donors (Lipinski definition) is 2. The van der Waals surface area contributed by atoms with Crippen molar-refractivity contribution in [2.45, 2.75) is 43.4 Å². The molecule has 36 heavy (non-hydrogen) atoms. The van der Waals surface area contributed by atoms with Crippen LogP contribution in [0.2, 0.25) is 5.02 Å². The molecule has 2 aromatic rings. The molecule has 192 valence electrons. The van der Waals surface area contributed by atoms with Crippen LogP contribution < -0.4 is 14.9 Å². The highest BCUT2D eigenvalue weighted by atomic mass is 35.5. The number of carbonyl (C=O) groups is 1. The van der Waals surface area contributed by atoms with Crippen LogP contribution in [0.15, 0.2) is 47.4 Å². The number of sulfonamides is 1. The van der Waals surface area contributed by atoms with Gasteiger partial charge in [-0.2, -0.15) is 0 Å². The monoisotopic (exact) mass is 529 g/mol. The molecule has 0 aromatic heterocycles. The van der Waals surface area contributed by atoms with Crippen molar-refractivity contribution in [2.24, 2.45) is 23.2 Å². The van der Waals surface area contributed by atoms with E-state index in [9.17, 15) is 13.2 Å². The lowest BCUT2D eigenvalue weighted by Gasteiger charge is -2.55. The van der Waals surface area contributed by atoms with Gasteiger partial charge in [0, 0.05) is 18.8 Å². The van der Waals surface area contributed by atoms with Crippen LogP contribution in [0.5, 0.6) is 0 Å². The van der Waals surface area contributed by atoms with Gasteiger partial charge in [0.05, 0.1) is 35.0 Å². The number of benzene rings is 2. The zero-order valence-corrected chi connectivity index (χ0v) is 21.8. The fourth-order valence-corrected chi connectivity index (χ4v) is 8.84. The largest absolute Gasteiger partial charge is 0.378 e. The molecule has 7 nitrogen and oxygen atoms in total. The lowest BCUT2D eigenvalue weighted by atomic mass is 9.49. The summed E-state index contributed by atoms with van der Waals surface area (Å²) in [5.41, 5.74) is 1.10. The summed E-state index contributed by atoms with van der Waals surface area (Å²) < 4.78 is 35.4. The minimum atomic E-state index is -3.99. The van der Waals surface area contributed by atoms with Crippen molar-refractivity contribution in [3.05, 3.63) is 47.5 Å². The molecule has 1 amide bonds. The van der Waals surface area contributed by atoms with Gasteiger partial charge >= 0.3 is 0 Å². The van der Waals surface area contributed by atoms with Crippen LogP contribution in [-0.4, -0.2) is 40.6 Å². The number of ether oxygens (including phenoxy) is 1. The number of rotatable bonds is 6. The molecule has 5 aliphatic rings. The number of halogens is 1. The van der Waals surface area contributed by atoms with Crippen molar-refractivity contribution < 1.29 is 17.9 Å². The van der Waals surface area contributed by atoms with Gasteiger partial charge < -0.3 is 15.0 Å². The number of carbonyl (C=O) groups excluding carboxylic acids is 1. The maximum absolute atomic E-state index is 13.6. The van der Waals surface area contributed by atoms with E-state index in [2.05, 4.69) is 10.0 Å². The van der Waals surface area contributed by atoms with Gasteiger partial charge in [0.2, 0.25) is 5.91 Å². The minimum absolute atomic E-state index is 0.0446. The lowest BCUT2D eigenvalue weighted by Crippen LogP contribution is -2.51. The quantitative estimate of drug-likeness (QED) is 0.541. The Hall–Kier alpha value is -2.29. The Balaban J connectivity index is 1.31. The maximum atomic E-state index is 13.6. The smallest absolute Gasteiger partial charge is 0.264 e. The highest BCUT2D eigenvalue weighted by Crippen LogP contribution is 2.60. The third-order valence-electron chi connectivity index (χ3n) is 8.50. The summed E-state index contributed by atoms with van der Waals surface area (Å²) >= 11 is 6.25. The van der Waals surface area contributed by atoms with E-state index in [1.165, 1.54) is 19.3 Å². The van der Waals surface area contributed by atoms with E-state index in [-0.39, 0.29) is 16.2 Å². The molecule has 4 aliphatic carbocycles. The standard InChI is InChI=1S/C27H32ClN3O4S/c28-22-3-1-2-4-23(22)30-36(33,34)25-14-21(5-6-24(25)31-7-9-35-10-8-31)29-26(32)27-15-18-11-19(16-27)13-20(12-18)17-27/h1-6,14,18-20,30H,7-13,15-17H2,(H,29,32). The number of hydrogen-bond acceptors (Lipinski definition) is 5. The van der Waals surface area contributed by atoms with Gasteiger partial charge in [-0.1, -0.05) is 23.7 Å². The van der Waals surface area contributed by atoms with Crippen LogP contribution in [-0.2, 0) is 19.6 Å². The van der Waals surface area contributed by atoms with Crippen molar-refractivity contribution in [2.75, 3.05) is 41.2 Å². The van der Waals surface area contributed by atoms with Crippen LogP contribution in [0.25, 0.3) is 0 Å². The second-order valence-electron chi connectivity index (χ2n) is 11.0. The molecule has 0 atom stereocenters. The van der Waals surface area contributed by atoms with Gasteiger partial charge in [0.1, 0.15) is 4.90 Å². The summed E-state index contributed by atoms with van der Waals surface area (Å²) in [4.78, 5) is 15.8. The predicted octanol–water partition coefficient (Wildman–Crippen LogP) is 5.13. The van der Waals surface area contributed by atoms with E-state index in [1.807, 2.05) is 11.0 Å². The van der Waals surface area contributed by atoms with Crippen LogP contribution in [0.4, 0.5) is 17.1 Å². The number of amides is 1. The molecule has 2 N–H and O–H groups in total. The first-order chi connectivity index (χ1) is 17.3. The number of morpholine rings is 1. The fraction of sp³-hybridized carbons (Fsp3) is 0.519. The molecular formula is C27H32ClN3O4S. The van der Waals surface area contributed by atoms with Crippen LogP contribution >= 0.6 is 11.6 Å². The number of nitrogens with one attached hydrogen (secondary N) is 2. The van der Waals surface area contributed by atoms with Crippen LogP contribution in [0, 0.1) is 23.2 Å². The number of para-hydroxylation sites is 1. The van der Waals surface area contributed by atoms with Crippen molar-refractivity contribution in [3.63, 3.8) is 0 Å². The number of nitrogens with zero attached hydrogens (tertiary/aromatic N) is 1. The number of anilines is 3. The van der Waals surface area contributed by atoms with E-state index in [0.717, 1.165) is 19.3 Å². The molecule has 0 spiro atoms. The molecule has 5 fully saturated rings. The van der Waals surface area contributed by atoms with Gasteiger partial charge in [-0.05, 0) is 86.6 Å². The third-order valence-corrected chi connectivity index (χ3v) is 10.2. The maximum Gasteiger partial charge on any atom is 0.264 e. The van der Waals surface area contributed by atoms with Crippen LogP contribution in [0.1, 0.15) is 38.5 Å². The SMILES string of the molecule is O=C(Nc1ccc(N2CCOCC2)c(S(=O)(=O)Nc2ccccc2Cl)c1)C12CC3CC(CC(C3)C1)C2. The first-order valence-corrected chi connectivity index (χ1v) is 14.7. The Bertz CT molecular complexity index is 1240. The van der Waals surface area contributed by atoms with E-state index in [0.29, 0.717) is 66.1 Å². The third kappa shape index (κ3) is 4.48. The summed E-state index contributed by atoms with van der Waals surface area (Å²) in [5, 5.41) is 3.44. The van der Waals surface area contributed by atoms with Crippen molar-refractivity contribution in [3.8, 4) is 0 Å². The lowest BCUT2D eigenvalue weighted by molar-refractivity contribution is -0.140. The molecule has 9 heteroatoms. The summed E-state index contributed by atoms with van der Waals surface area (Å²) in [7, 11) is -3.99. The molecule has 4 saturated carbocycles. The molecule has 1 heterocycles. The normalized spacial score (nSPS) is 29.2. The van der Waals surface area contributed by atoms with Crippen molar-refractivity contribution in [1.82, 2.24) is 0 Å². The first kappa shape index (κ1) is 24.1. The van der Waals surface area contributed by atoms with E-state index < -0.39 is 10.0 Å². The van der Waals surface area contributed by atoms with E-state index >= 15 is 0 Å². The minimum Gasteiger partial charge on any atom is -0.378 e. The molecule has 7 rings (SSSR count). The zero-order chi connectivity index (χ0) is 24.9. The van der Waals surface area contributed by atoms with Gasteiger partial charge in [0.15, 0.2) is 0 Å². The van der Waals surface area contributed by atoms with E-state index in [4.69, 9.17) is 16.3 Å². The summed E-state index contributed by atoms with van der Waals surface area (Å²) in [6, 6.07) is 12.0. The molecule has 1 saturated heterocycles. The fourth-order valence-electron chi connectivity index (χ4n) is 7.27. The second kappa shape index (κ2) is 9.23. The Kier molecular flexibility index (Phi) is 6.17. The zero-order valence-electron chi connectivity index (χ0n) is 20.2. The van der Waals surface area contributed by atoms with E-state index in [1.54, 1.807) is 36.4 Å². The van der Waals surface area contributed by atoms with Crippen molar-refractivity contribution >= 4 is 44.6 Å². The summed E-state index contributed by atoms with van der Waals surface area (Å²) in [6.45, 7) is 2.24. The first-order valence-electron chi connectivity index (χ1n) is 12.9. The molecule has 0 unspecified atom stereocenters. The Morgan fingerprint density at radius 2 is 1.61 bits per heavy atom. The molecule has 1 aliphatic heterocycles. The molecule has 4 bridgehead atoms. The highest BCUT2D eigenvalue weighted by Gasteiger charge is 2.54. The topological polar surface area (TPSA) is 87.7 Å². The average molecular weight is 530 g/mol. The summed E-state index contributed by atoms with van der Waals surface area (Å²) in [6.07, 6.45) is 6.65. The Morgan fingerprint density at radius 1 is 0.972 bits per heavy atom. The molecule has 0 radical (unpaired) electrons. The molecule has 2 aromatic carbocycles. The Morgan fingerprint density at radius 3 is 2.25 bits per heavy atom. The Labute approximate surface area is 217 Å². The van der Waals surface area contributed by atoms with Crippen molar-refractivity contribution in [1.29, 1.82) is 0 Å².